The molecule has 7 heteroatoms. The van der Waals surface area contributed by atoms with Crippen molar-refractivity contribution in [1.82, 2.24) is 15.1 Å². The van der Waals surface area contributed by atoms with Crippen molar-refractivity contribution < 1.29 is 13.9 Å². The number of nitrogens with one attached hydrogen (secondary N) is 1. The first-order valence-electron chi connectivity index (χ1n) is 7.10. The van der Waals surface area contributed by atoms with E-state index in [1.54, 1.807) is 31.8 Å². The number of aromatic nitrogens is 2. The average Bonchev–Trinajstić information content (AvgIpc) is 2.80. The summed E-state index contributed by atoms with van der Waals surface area (Å²) in [4.78, 5) is 12.4. The SMILES string of the molecule is COc1c(C(=O)NCc2ccc(F)cc2CSC)c(C)nn1C. The highest BCUT2D eigenvalue weighted by Gasteiger charge is 2.21. The van der Waals surface area contributed by atoms with E-state index in [0.29, 0.717) is 29.4 Å². The zero-order valence-corrected chi connectivity index (χ0v) is 14.5. The summed E-state index contributed by atoms with van der Waals surface area (Å²) in [6, 6.07) is 4.61. The first-order chi connectivity index (χ1) is 11.0. The molecule has 0 fully saturated rings. The van der Waals surface area contributed by atoms with Crippen molar-refractivity contribution in [2.24, 2.45) is 7.05 Å². The van der Waals surface area contributed by atoms with Gasteiger partial charge in [-0.1, -0.05) is 6.07 Å². The van der Waals surface area contributed by atoms with E-state index in [2.05, 4.69) is 10.4 Å². The van der Waals surface area contributed by atoms with Crippen LogP contribution in [0.3, 0.4) is 0 Å². The van der Waals surface area contributed by atoms with Crippen LogP contribution in [0, 0.1) is 12.7 Å². The molecule has 0 aliphatic carbocycles. The molecule has 0 unspecified atom stereocenters. The fourth-order valence-electron chi connectivity index (χ4n) is 2.45. The maximum absolute atomic E-state index is 13.4. The Kier molecular flexibility index (Phi) is 5.65. The Morgan fingerprint density at radius 2 is 2.17 bits per heavy atom. The van der Waals surface area contributed by atoms with Crippen molar-refractivity contribution in [3.8, 4) is 5.88 Å². The first-order valence-corrected chi connectivity index (χ1v) is 8.49. The zero-order valence-electron chi connectivity index (χ0n) is 13.6. The molecule has 124 valence electrons. The standard InChI is InChI=1S/C16H20FN3O2S/c1-10-14(16(22-3)20(2)19-10)15(21)18-8-11-5-6-13(17)7-12(11)9-23-4/h5-7H,8-9H2,1-4H3,(H,18,21). The summed E-state index contributed by atoms with van der Waals surface area (Å²) in [6.45, 7) is 2.08. The molecule has 23 heavy (non-hydrogen) atoms. The maximum Gasteiger partial charge on any atom is 0.258 e. The van der Waals surface area contributed by atoms with Gasteiger partial charge in [0.25, 0.3) is 5.91 Å². The van der Waals surface area contributed by atoms with Gasteiger partial charge in [0.15, 0.2) is 0 Å². The molecule has 1 heterocycles. The van der Waals surface area contributed by atoms with Crippen molar-refractivity contribution in [2.75, 3.05) is 13.4 Å². The number of ether oxygens (including phenoxy) is 1. The van der Waals surface area contributed by atoms with Gasteiger partial charge in [-0.05, 0) is 36.4 Å². The molecule has 5 nitrogen and oxygen atoms in total. The van der Waals surface area contributed by atoms with E-state index >= 15 is 0 Å². The summed E-state index contributed by atoms with van der Waals surface area (Å²) < 4.78 is 20.1. The van der Waals surface area contributed by atoms with Gasteiger partial charge in [-0.25, -0.2) is 9.07 Å². The lowest BCUT2D eigenvalue weighted by Gasteiger charge is -2.11. The van der Waals surface area contributed by atoms with Crippen LogP contribution in [0.5, 0.6) is 5.88 Å². The largest absolute Gasteiger partial charge is 0.481 e. The summed E-state index contributed by atoms with van der Waals surface area (Å²) in [5, 5.41) is 7.05. The van der Waals surface area contributed by atoms with Crippen molar-refractivity contribution in [3.63, 3.8) is 0 Å². The summed E-state index contributed by atoms with van der Waals surface area (Å²) in [5.41, 5.74) is 2.80. The minimum atomic E-state index is -0.270. The molecular weight excluding hydrogens is 317 g/mol. The van der Waals surface area contributed by atoms with Crippen molar-refractivity contribution >= 4 is 17.7 Å². The minimum absolute atomic E-state index is 0.258. The molecule has 2 aromatic rings. The normalized spacial score (nSPS) is 10.7. The Morgan fingerprint density at radius 3 is 2.83 bits per heavy atom. The molecule has 1 amide bonds. The molecule has 2 rings (SSSR count). The number of nitrogens with zero attached hydrogens (tertiary/aromatic N) is 2. The fraction of sp³-hybridized carbons (Fsp3) is 0.375. The third-order valence-electron chi connectivity index (χ3n) is 3.50. The van der Waals surface area contributed by atoms with Crippen molar-refractivity contribution in [1.29, 1.82) is 0 Å². The summed E-state index contributed by atoms with van der Waals surface area (Å²) in [6.07, 6.45) is 1.96. The number of halogens is 1. The van der Waals surface area contributed by atoms with Crippen molar-refractivity contribution in [3.05, 3.63) is 46.4 Å². The van der Waals surface area contributed by atoms with Gasteiger partial charge in [0.1, 0.15) is 11.4 Å². The second-order valence-corrected chi connectivity index (χ2v) is 5.99. The van der Waals surface area contributed by atoms with Gasteiger partial charge in [0.2, 0.25) is 5.88 Å². The molecular formula is C16H20FN3O2S. The molecule has 0 aliphatic rings. The number of aryl methyl sites for hydroxylation is 2. The summed E-state index contributed by atoms with van der Waals surface area (Å²) in [7, 11) is 3.23. The quantitative estimate of drug-likeness (QED) is 0.880. The van der Waals surface area contributed by atoms with Crippen molar-refractivity contribution in [2.45, 2.75) is 19.2 Å². The second-order valence-electron chi connectivity index (χ2n) is 5.12. The molecule has 1 N–H and O–H groups in total. The number of benzene rings is 1. The van der Waals surface area contributed by atoms with Crippen LogP contribution in [-0.4, -0.2) is 29.1 Å². The lowest BCUT2D eigenvalue weighted by Crippen LogP contribution is -2.24. The molecule has 0 saturated carbocycles. The van der Waals surface area contributed by atoms with Crippen LogP contribution in [-0.2, 0) is 19.3 Å². The average molecular weight is 337 g/mol. The number of rotatable bonds is 6. The minimum Gasteiger partial charge on any atom is -0.481 e. The molecule has 0 aliphatic heterocycles. The fourth-order valence-corrected chi connectivity index (χ4v) is 3.03. The molecule has 0 bridgehead atoms. The monoisotopic (exact) mass is 337 g/mol. The van der Waals surface area contributed by atoms with Crippen LogP contribution in [0.15, 0.2) is 18.2 Å². The van der Waals surface area contributed by atoms with Gasteiger partial charge in [-0.3, -0.25) is 4.79 Å². The molecule has 0 saturated heterocycles. The van der Waals surface area contributed by atoms with E-state index in [4.69, 9.17) is 4.74 Å². The third kappa shape index (κ3) is 3.85. The van der Waals surface area contributed by atoms with Gasteiger partial charge < -0.3 is 10.1 Å². The highest BCUT2D eigenvalue weighted by molar-refractivity contribution is 7.97. The van der Waals surface area contributed by atoms with Crippen LogP contribution in [0.2, 0.25) is 0 Å². The van der Waals surface area contributed by atoms with Gasteiger partial charge in [0, 0.05) is 19.3 Å². The Hall–Kier alpha value is -2.02. The number of carbonyl (C=O) groups is 1. The number of thioether (sulfide) groups is 1. The number of hydrogen-bond acceptors (Lipinski definition) is 4. The molecule has 0 atom stereocenters. The summed E-state index contributed by atoms with van der Waals surface area (Å²) >= 11 is 1.61. The second kappa shape index (κ2) is 7.50. The third-order valence-corrected chi connectivity index (χ3v) is 4.10. The smallest absolute Gasteiger partial charge is 0.258 e. The van der Waals surface area contributed by atoms with Crippen LogP contribution >= 0.6 is 11.8 Å². The zero-order chi connectivity index (χ0) is 17.0. The Morgan fingerprint density at radius 1 is 1.43 bits per heavy atom. The number of amides is 1. The van der Waals surface area contributed by atoms with E-state index in [1.807, 2.05) is 6.26 Å². The van der Waals surface area contributed by atoms with Crippen LogP contribution in [0.25, 0.3) is 0 Å². The Labute approximate surface area is 139 Å². The van der Waals surface area contributed by atoms with Gasteiger partial charge in [0.05, 0.1) is 12.8 Å². The van der Waals surface area contributed by atoms with E-state index < -0.39 is 0 Å². The molecule has 0 spiro atoms. The van der Waals surface area contributed by atoms with Crippen LogP contribution < -0.4 is 10.1 Å². The lowest BCUT2D eigenvalue weighted by atomic mass is 10.1. The number of methoxy groups -OCH3 is 1. The van der Waals surface area contributed by atoms with E-state index in [-0.39, 0.29) is 11.7 Å². The Balaban J connectivity index is 2.17. The molecule has 1 aromatic heterocycles. The van der Waals surface area contributed by atoms with E-state index in [9.17, 15) is 9.18 Å². The number of carbonyl (C=O) groups excluding carboxylic acids is 1. The van der Waals surface area contributed by atoms with E-state index in [0.717, 1.165) is 11.1 Å². The highest BCUT2D eigenvalue weighted by atomic mass is 32.2. The lowest BCUT2D eigenvalue weighted by molar-refractivity contribution is 0.0947. The summed E-state index contributed by atoms with van der Waals surface area (Å²) in [5.74, 6) is 0.585. The predicted molar refractivity (Wildman–Crippen MR) is 89.3 cm³/mol. The van der Waals surface area contributed by atoms with Gasteiger partial charge in [-0.15, -0.1) is 0 Å². The Bertz CT molecular complexity index is 716. The van der Waals surface area contributed by atoms with Crippen LogP contribution in [0.1, 0.15) is 27.2 Å². The maximum atomic E-state index is 13.4. The molecule has 0 radical (unpaired) electrons. The number of hydrogen-bond donors (Lipinski definition) is 1. The topological polar surface area (TPSA) is 56.1 Å². The highest BCUT2D eigenvalue weighted by Crippen LogP contribution is 2.21. The first kappa shape index (κ1) is 17.3. The van der Waals surface area contributed by atoms with Gasteiger partial charge in [-0.2, -0.15) is 16.9 Å². The molecule has 1 aromatic carbocycles. The van der Waals surface area contributed by atoms with Gasteiger partial charge >= 0.3 is 0 Å². The predicted octanol–water partition coefficient (Wildman–Crippen LogP) is 2.67. The van der Waals surface area contributed by atoms with Crippen LogP contribution in [0.4, 0.5) is 4.39 Å². The van der Waals surface area contributed by atoms with E-state index in [1.165, 1.54) is 23.9 Å².